The predicted molar refractivity (Wildman–Crippen MR) is 71.1 cm³/mol. The quantitative estimate of drug-likeness (QED) is 0.696. The Labute approximate surface area is 103 Å². The molecule has 1 unspecified atom stereocenters. The molecule has 0 bridgehead atoms. The molecule has 0 spiro atoms. The topological polar surface area (TPSA) is 15.6 Å². The van der Waals surface area contributed by atoms with E-state index in [0.29, 0.717) is 6.04 Å². The van der Waals surface area contributed by atoms with E-state index in [2.05, 4.69) is 4.90 Å². The monoisotopic (exact) mass is 238 g/mol. The summed E-state index contributed by atoms with van der Waals surface area (Å²) in [6, 6.07) is 1.49. The van der Waals surface area contributed by atoms with Gasteiger partial charge in [-0.05, 0) is 32.1 Å². The van der Waals surface area contributed by atoms with Crippen LogP contribution in [0.3, 0.4) is 0 Å². The zero-order chi connectivity index (χ0) is 10.8. The summed E-state index contributed by atoms with van der Waals surface area (Å²) in [6.07, 6.45) is 11.1. The largest absolute Gasteiger partial charge is 0.348 e. The van der Waals surface area contributed by atoms with E-state index < -0.39 is 0 Å². The van der Waals surface area contributed by atoms with Crippen molar-refractivity contribution < 1.29 is 0 Å². The van der Waals surface area contributed by atoms with Crippen molar-refractivity contribution in [2.45, 2.75) is 63.5 Å². The third-order valence-electron chi connectivity index (χ3n) is 4.17. The van der Waals surface area contributed by atoms with E-state index in [1.54, 1.807) is 0 Å². The van der Waals surface area contributed by atoms with Gasteiger partial charge in [-0.1, -0.05) is 31.0 Å². The molecule has 3 fully saturated rings. The molecule has 16 heavy (non-hydrogen) atoms. The molecule has 3 heteroatoms. The zero-order valence-electron chi connectivity index (χ0n) is 10.0. The second kappa shape index (κ2) is 4.99. The molecule has 2 saturated heterocycles. The predicted octanol–water partition coefficient (Wildman–Crippen LogP) is 3.28. The number of fused-ring (bicyclic) bond motifs is 1. The lowest BCUT2D eigenvalue weighted by Crippen LogP contribution is -2.38. The second-order valence-electron chi connectivity index (χ2n) is 5.33. The van der Waals surface area contributed by atoms with Gasteiger partial charge in [0, 0.05) is 18.3 Å². The van der Waals surface area contributed by atoms with Crippen molar-refractivity contribution in [3.8, 4) is 0 Å². The van der Waals surface area contributed by atoms with Crippen molar-refractivity contribution in [1.82, 2.24) is 4.90 Å². The molecule has 0 amide bonds. The summed E-state index contributed by atoms with van der Waals surface area (Å²) in [4.78, 5) is 7.64. The van der Waals surface area contributed by atoms with Crippen LogP contribution in [0.1, 0.15) is 51.4 Å². The lowest BCUT2D eigenvalue weighted by molar-refractivity contribution is 0.373. The highest BCUT2D eigenvalue weighted by atomic mass is 32.2. The van der Waals surface area contributed by atoms with Gasteiger partial charge in [-0.3, -0.25) is 4.99 Å². The number of thioether (sulfide) groups is 1. The maximum Gasteiger partial charge on any atom is 0.159 e. The van der Waals surface area contributed by atoms with Gasteiger partial charge in [0.15, 0.2) is 5.17 Å². The van der Waals surface area contributed by atoms with Crippen LogP contribution in [-0.4, -0.2) is 34.4 Å². The Morgan fingerprint density at radius 1 is 1.00 bits per heavy atom. The van der Waals surface area contributed by atoms with E-state index in [-0.39, 0.29) is 0 Å². The first-order chi connectivity index (χ1) is 7.93. The maximum atomic E-state index is 5.04. The molecular formula is C13H22N2S. The van der Waals surface area contributed by atoms with Gasteiger partial charge in [0.25, 0.3) is 0 Å². The van der Waals surface area contributed by atoms with Gasteiger partial charge in [-0.2, -0.15) is 0 Å². The minimum atomic E-state index is 0.649. The number of nitrogens with zero attached hydrogens (tertiary/aromatic N) is 2. The smallest absolute Gasteiger partial charge is 0.159 e. The molecule has 2 aliphatic heterocycles. The lowest BCUT2D eigenvalue weighted by Gasteiger charge is -2.33. The number of hydrogen-bond acceptors (Lipinski definition) is 2. The van der Waals surface area contributed by atoms with Crippen LogP contribution in [0.4, 0.5) is 0 Å². The molecule has 2 nitrogen and oxygen atoms in total. The standard InChI is InChI=1S/C13H22N2S/c1-2-5-11(6-3-1)14-13-15-9-4-7-12(15)8-10-16-13/h11-12H,1-10H2. The SMILES string of the molecule is C1CCC(N=C2SCCC3CCCN23)CC1. The van der Waals surface area contributed by atoms with E-state index >= 15 is 0 Å². The van der Waals surface area contributed by atoms with Gasteiger partial charge in [-0.15, -0.1) is 0 Å². The van der Waals surface area contributed by atoms with Crippen LogP contribution in [0.5, 0.6) is 0 Å². The fraction of sp³-hybridized carbons (Fsp3) is 0.923. The maximum absolute atomic E-state index is 5.04. The van der Waals surface area contributed by atoms with Gasteiger partial charge >= 0.3 is 0 Å². The van der Waals surface area contributed by atoms with Gasteiger partial charge in [0.1, 0.15) is 0 Å². The summed E-state index contributed by atoms with van der Waals surface area (Å²) in [5.41, 5.74) is 0. The third-order valence-corrected chi connectivity index (χ3v) is 5.21. The van der Waals surface area contributed by atoms with Crippen molar-refractivity contribution in [1.29, 1.82) is 0 Å². The Morgan fingerprint density at radius 3 is 2.75 bits per heavy atom. The molecule has 0 N–H and O–H groups in total. The first-order valence-electron chi connectivity index (χ1n) is 6.91. The van der Waals surface area contributed by atoms with Crippen molar-refractivity contribution in [3.63, 3.8) is 0 Å². The van der Waals surface area contributed by atoms with E-state index in [4.69, 9.17) is 4.99 Å². The summed E-state index contributed by atoms with van der Waals surface area (Å²) in [5, 5.41) is 1.39. The van der Waals surface area contributed by atoms with E-state index in [0.717, 1.165) is 6.04 Å². The highest BCUT2D eigenvalue weighted by Gasteiger charge is 2.31. The van der Waals surface area contributed by atoms with Gasteiger partial charge in [-0.25, -0.2) is 0 Å². The van der Waals surface area contributed by atoms with Crippen LogP contribution in [0.2, 0.25) is 0 Å². The fourth-order valence-electron chi connectivity index (χ4n) is 3.23. The summed E-state index contributed by atoms with van der Waals surface area (Å²) < 4.78 is 0. The van der Waals surface area contributed by atoms with Crippen LogP contribution >= 0.6 is 11.8 Å². The Bertz CT molecular complexity index is 271. The number of aliphatic imine (C=N–C) groups is 1. The highest BCUT2D eigenvalue weighted by molar-refractivity contribution is 8.13. The van der Waals surface area contributed by atoms with Crippen LogP contribution in [-0.2, 0) is 0 Å². The number of hydrogen-bond donors (Lipinski definition) is 0. The molecule has 0 aromatic heterocycles. The van der Waals surface area contributed by atoms with E-state index in [1.165, 1.54) is 68.8 Å². The minimum Gasteiger partial charge on any atom is -0.348 e. The second-order valence-corrected chi connectivity index (χ2v) is 6.39. The Morgan fingerprint density at radius 2 is 1.88 bits per heavy atom. The molecule has 3 aliphatic rings. The van der Waals surface area contributed by atoms with Crippen molar-refractivity contribution in [2.24, 2.45) is 4.99 Å². The fourth-order valence-corrected chi connectivity index (χ4v) is 4.44. The van der Waals surface area contributed by atoms with Crippen LogP contribution in [0.15, 0.2) is 4.99 Å². The molecule has 90 valence electrons. The molecule has 0 aromatic rings. The molecule has 3 rings (SSSR count). The molecule has 0 aromatic carbocycles. The zero-order valence-corrected chi connectivity index (χ0v) is 10.8. The number of amidine groups is 1. The van der Waals surface area contributed by atoms with Crippen LogP contribution < -0.4 is 0 Å². The molecule has 2 heterocycles. The first-order valence-corrected chi connectivity index (χ1v) is 7.89. The number of rotatable bonds is 1. The Kier molecular flexibility index (Phi) is 3.41. The Hall–Kier alpha value is -0.180. The normalized spacial score (nSPS) is 34.4. The van der Waals surface area contributed by atoms with Crippen molar-refractivity contribution in [2.75, 3.05) is 12.3 Å². The average molecular weight is 238 g/mol. The average Bonchev–Trinajstić information content (AvgIpc) is 2.80. The lowest BCUT2D eigenvalue weighted by atomic mass is 9.96. The summed E-state index contributed by atoms with van der Waals surface area (Å²) in [5.74, 6) is 1.30. The van der Waals surface area contributed by atoms with E-state index in [9.17, 15) is 0 Å². The molecule has 1 saturated carbocycles. The highest BCUT2D eigenvalue weighted by Crippen LogP contribution is 2.32. The minimum absolute atomic E-state index is 0.649. The van der Waals surface area contributed by atoms with Gasteiger partial charge in [0.2, 0.25) is 0 Å². The Balaban J connectivity index is 1.69. The van der Waals surface area contributed by atoms with Crippen LogP contribution in [0.25, 0.3) is 0 Å². The first kappa shape index (κ1) is 10.9. The summed E-state index contributed by atoms with van der Waals surface area (Å²) in [7, 11) is 0. The van der Waals surface area contributed by atoms with Crippen molar-refractivity contribution in [3.05, 3.63) is 0 Å². The van der Waals surface area contributed by atoms with Crippen molar-refractivity contribution >= 4 is 16.9 Å². The van der Waals surface area contributed by atoms with E-state index in [1.807, 2.05) is 11.8 Å². The summed E-state index contributed by atoms with van der Waals surface area (Å²) >= 11 is 2.01. The molecular weight excluding hydrogens is 216 g/mol. The summed E-state index contributed by atoms with van der Waals surface area (Å²) in [6.45, 7) is 1.27. The third kappa shape index (κ3) is 2.24. The molecule has 1 aliphatic carbocycles. The van der Waals surface area contributed by atoms with Crippen LogP contribution in [0, 0.1) is 0 Å². The molecule has 0 radical (unpaired) electrons. The molecule has 1 atom stereocenters. The van der Waals surface area contributed by atoms with Gasteiger partial charge in [0.05, 0.1) is 6.04 Å². The van der Waals surface area contributed by atoms with Gasteiger partial charge < -0.3 is 4.90 Å².